The molecule has 2 aromatic heterocycles. The van der Waals surface area contributed by atoms with E-state index in [-0.39, 0.29) is 0 Å². The fourth-order valence-electron chi connectivity index (χ4n) is 8.96. The van der Waals surface area contributed by atoms with Crippen LogP contribution in [-0.2, 0) is 5.41 Å². The molecule has 3 heteroatoms. The fourth-order valence-corrected chi connectivity index (χ4v) is 8.96. The Morgan fingerprint density at radius 3 is 1.70 bits per heavy atom. The van der Waals surface area contributed by atoms with Crippen LogP contribution in [0.15, 0.2) is 211 Å². The minimum Gasteiger partial charge on any atom is -0.455 e. The molecule has 10 aromatic rings. The van der Waals surface area contributed by atoms with Gasteiger partial charge in [-0.25, -0.2) is 9.97 Å². The summed E-state index contributed by atoms with van der Waals surface area (Å²) in [5.41, 5.74) is 15.6. The Kier molecular flexibility index (Phi) is 7.39. The van der Waals surface area contributed by atoms with Gasteiger partial charge in [0.15, 0.2) is 5.82 Å². The number of benzene rings is 8. The van der Waals surface area contributed by atoms with Crippen molar-refractivity contribution in [3.8, 4) is 56.2 Å². The van der Waals surface area contributed by atoms with Gasteiger partial charge in [-0.1, -0.05) is 194 Å². The third-order valence-electron chi connectivity index (χ3n) is 11.4. The molecule has 8 aromatic carbocycles. The maximum Gasteiger partial charge on any atom is 0.160 e. The second-order valence-corrected chi connectivity index (χ2v) is 14.4. The van der Waals surface area contributed by atoms with Crippen molar-refractivity contribution in [1.29, 1.82) is 0 Å². The van der Waals surface area contributed by atoms with Crippen molar-refractivity contribution in [1.82, 2.24) is 9.97 Å². The molecule has 0 unspecified atom stereocenters. The standard InChI is InChI=1S/C53H34N2O/c1-4-16-37(17-5-1)52-54-47(36-32-30-35(31-33-36)40-24-14-26-44-42-23-11-13-29-49(42)56-51(40)44)34-48(55-52)45-27-15-25-43-41-22-10-12-28-46(41)53(50(43)45,38-18-6-2-7-19-38)39-20-8-3-9-21-39/h1-34H. The van der Waals surface area contributed by atoms with Crippen LogP contribution < -0.4 is 0 Å². The summed E-state index contributed by atoms with van der Waals surface area (Å²) >= 11 is 0. The number of para-hydroxylation sites is 2. The quantitative estimate of drug-likeness (QED) is 0.172. The Labute approximate surface area is 325 Å². The molecular formula is C53H34N2O. The van der Waals surface area contributed by atoms with Gasteiger partial charge in [0.1, 0.15) is 11.2 Å². The first-order valence-corrected chi connectivity index (χ1v) is 19.1. The van der Waals surface area contributed by atoms with Crippen LogP contribution in [0.3, 0.4) is 0 Å². The molecule has 1 aliphatic carbocycles. The van der Waals surface area contributed by atoms with Crippen molar-refractivity contribution in [2.24, 2.45) is 0 Å². The van der Waals surface area contributed by atoms with E-state index in [4.69, 9.17) is 14.4 Å². The van der Waals surface area contributed by atoms with Crippen molar-refractivity contribution < 1.29 is 4.42 Å². The van der Waals surface area contributed by atoms with Gasteiger partial charge in [-0.3, -0.25) is 0 Å². The van der Waals surface area contributed by atoms with E-state index in [2.05, 4.69) is 176 Å². The molecule has 0 saturated heterocycles. The molecule has 0 bridgehead atoms. The number of rotatable bonds is 6. The monoisotopic (exact) mass is 714 g/mol. The molecule has 262 valence electrons. The molecule has 0 aliphatic heterocycles. The maximum absolute atomic E-state index is 6.40. The molecule has 0 fully saturated rings. The zero-order valence-corrected chi connectivity index (χ0v) is 30.4. The second-order valence-electron chi connectivity index (χ2n) is 14.4. The average Bonchev–Trinajstić information content (AvgIpc) is 3.82. The number of fused-ring (bicyclic) bond motifs is 6. The molecule has 56 heavy (non-hydrogen) atoms. The summed E-state index contributed by atoms with van der Waals surface area (Å²) in [4.78, 5) is 10.6. The molecule has 0 spiro atoms. The van der Waals surface area contributed by atoms with Gasteiger partial charge >= 0.3 is 0 Å². The van der Waals surface area contributed by atoms with Gasteiger partial charge in [0.2, 0.25) is 0 Å². The first-order chi connectivity index (χ1) is 27.8. The molecule has 3 nitrogen and oxygen atoms in total. The van der Waals surface area contributed by atoms with Gasteiger partial charge in [0.05, 0.1) is 16.8 Å². The SMILES string of the molecule is c1ccc(-c2nc(-c3ccc(-c4cccc5c4oc4ccccc45)cc3)cc(-c3cccc4c3C(c3ccccc3)(c3ccccc3)c3ccccc3-4)n2)cc1. The number of hydrogen-bond donors (Lipinski definition) is 0. The number of furan rings is 1. The van der Waals surface area contributed by atoms with E-state index in [1.807, 2.05) is 30.3 Å². The van der Waals surface area contributed by atoms with Crippen LogP contribution in [0.1, 0.15) is 22.3 Å². The number of nitrogens with zero attached hydrogens (tertiary/aromatic N) is 2. The van der Waals surface area contributed by atoms with E-state index in [0.717, 1.165) is 61.1 Å². The zero-order valence-electron chi connectivity index (χ0n) is 30.4. The first-order valence-electron chi connectivity index (χ1n) is 19.1. The molecule has 0 N–H and O–H groups in total. The van der Waals surface area contributed by atoms with Gasteiger partial charge in [0.25, 0.3) is 0 Å². The molecular weight excluding hydrogens is 681 g/mol. The van der Waals surface area contributed by atoms with E-state index in [0.29, 0.717) is 5.82 Å². The first kappa shape index (κ1) is 32.1. The highest BCUT2D eigenvalue weighted by Crippen LogP contribution is 2.58. The van der Waals surface area contributed by atoms with Gasteiger partial charge in [-0.2, -0.15) is 0 Å². The Balaban J connectivity index is 1.12. The van der Waals surface area contributed by atoms with Crippen LogP contribution in [0.25, 0.3) is 78.1 Å². The molecule has 11 rings (SSSR count). The van der Waals surface area contributed by atoms with Gasteiger partial charge in [-0.15, -0.1) is 0 Å². The summed E-state index contributed by atoms with van der Waals surface area (Å²) in [5, 5.41) is 2.25. The Morgan fingerprint density at radius 2 is 0.929 bits per heavy atom. The Hall–Kier alpha value is -7.36. The second kappa shape index (κ2) is 12.9. The highest BCUT2D eigenvalue weighted by atomic mass is 16.3. The summed E-state index contributed by atoms with van der Waals surface area (Å²) in [5.74, 6) is 0.687. The molecule has 1 aliphatic rings. The summed E-state index contributed by atoms with van der Waals surface area (Å²) < 4.78 is 6.40. The van der Waals surface area contributed by atoms with Crippen molar-refractivity contribution in [3.63, 3.8) is 0 Å². The smallest absolute Gasteiger partial charge is 0.160 e. The Morgan fingerprint density at radius 1 is 0.375 bits per heavy atom. The van der Waals surface area contributed by atoms with E-state index in [1.54, 1.807) is 0 Å². The van der Waals surface area contributed by atoms with Crippen molar-refractivity contribution in [3.05, 3.63) is 229 Å². The Bertz CT molecular complexity index is 3020. The highest BCUT2D eigenvalue weighted by molar-refractivity contribution is 6.09. The van der Waals surface area contributed by atoms with Crippen molar-refractivity contribution in [2.75, 3.05) is 0 Å². The summed E-state index contributed by atoms with van der Waals surface area (Å²) in [6.45, 7) is 0. The number of aromatic nitrogens is 2. The zero-order chi connectivity index (χ0) is 37.1. The molecule has 0 radical (unpaired) electrons. The topological polar surface area (TPSA) is 38.9 Å². The highest BCUT2D eigenvalue weighted by Gasteiger charge is 2.47. The van der Waals surface area contributed by atoms with E-state index >= 15 is 0 Å². The van der Waals surface area contributed by atoms with Gasteiger partial charge in [0, 0.05) is 33.0 Å². The summed E-state index contributed by atoms with van der Waals surface area (Å²) in [7, 11) is 0. The third-order valence-corrected chi connectivity index (χ3v) is 11.4. The van der Waals surface area contributed by atoms with E-state index in [9.17, 15) is 0 Å². The predicted molar refractivity (Wildman–Crippen MR) is 228 cm³/mol. The lowest BCUT2D eigenvalue weighted by Gasteiger charge is -2.35. The molecule has 0 amide bonds. The van der Waals surface area contributed by atoms with Crippen LogP contribution in [0.5, 0.6) is 0 Å². The lowest BCUT2D eigenvalue weighted by molar-refractivity contribution is 0.670. The normalized spacial score (nSPS) is 12.8. The lowest BCUT2D eigenvalue weighted by Crippen LogP contribution is -2.29. The lowest BCUT2D eigenvalue weighted by atomic mass is 9.66. The van der Waals surface area contributed by atoms with Gasteiger partial charge < -0.3 is 4.42 Å². The number of hydrogen-bond acceptors (Lipinski definition) is 3. The van der Waals surface area contributed by atoms with Crippen LogP contribution in [-0.4, -0.2) is 9.97 Å². The molecule has 0 saturated carbocycles. The van der Waals surface area contributed by atoms with Crippen LogP contribution in [0, 0.1) is 0 Å². The third kappa shape index (κ3) is 4.91. The van der Waals surface area contributed by atoms with Crippen LogP contribution >= 0.6 is 0 Å². The van der Waals surface area contributed by atoms with Crippen LogP contribution in [0.2, 0.25) is 0 Å². The maximum atomic E-state index is 6.40. The minimum atomic E-state index is -0.567. The van der Waals surface area contributed by atoms with E-state index < -0.39 is 5.41 Å². The fraction of sp³-hybridized carbons (Fsp3) is 0.0189. The van der Waals surface area contributed by atoms with Gasteiger partial charge in [-0.05, 0) is 51.1 Å². The van der Waals surface area contributed by atoms with Crippen LogP contribution in [0.4, 0.5) is 0 Å². The molecule has 2 heterocycles. The summed E-state index contributed by atoms with van der Waals surface area (Å²) in [6.07, 6.45) is 0. The largest absolute Gasteiger partial charge is 0.455 e. The van der Waals surface area contributed by atoms with E-state index in [1.165, 1.54) is 33.4 Å². The minimum absolute atomic E-state index is 0.567. The molecule has 0 atom stereocenters. The average molecular weight is 715 g/mol. The predicted octanol–water partition coefficient (Wildman–Crippen LogP) is 13.4. The van der Waals surface area contributed by atoms with Crippen molar-refractivity contribution in [2.45, 2.75) is 5.41 Å². The summed E-state index contributed by atoms with van der Waals surface area (Å²) in [6, 6.07) is 73.2. The van der Waals surface area contributed by atoms with Crippen molar-refractivity contribution >= 4 is 21.9 Å².